The molecule has 0 radical (unpaired) electrons. The highest BCUT2D eigenvalue weighted by Gasteiger charge is 2.10. The van der Waals surface area contributed by atoms with Crippen molar-refractivity contribution < 1.29 is 18.7 Å². The Balaban J connectivity index is 1.09. The largest absolute Gasteiger partial charge is 0.494 e. The van der Waals surface area contributed by atoms with Crippen molar-refractivity contribution in [2.75, 3.05) is 6.61 Å². The van der Waals surface area contributed by atoms with Crippen LogP contribution in [0.1, 0.15) is 49.7 Å². The van der Waals surface area contributed by atoms with E-state index in [0.29, 0.717) is 35.3 Å². The Morgan fingerprint density at radius 2 is 1.18 bits per heavy atom. The van der Waals surface area contributed by atoms with Gasteiger partial charge in [0.1, 0.15) is 17.3 Å². The Morgan fingerprint density at radius 1 is 0.650 bits per heavy atom. The molecule has 4 rings (SSSR count). The predicted molar refractivity (Wildman–Crippen MR) is 152 cm³/mol. The molecule has 4 aromatic carbocycles. The van der Waals surface area contributed by atoms with E-state index < -0.39 is 5.82 Å². The molecular weight excluding hydrogens is 503 g/mol. The molecule has 0 spiro atoms. The van der Waals surface area contributed by atoms with Crippen LogP contribution >= 0.6 is 0 Å². The first kappa shape index (κ1) is 28.1. The van der Waals surface area contributed by atoms with Crippen molar-refractivity contribution in [2.45, 2.75) is 38.5 Å². The summed E-state index contributed by atoms with van der Waals surface area (Å²) in [4.78, 5) is 12.2. The SMILES string of the molecule is N#Cc1ccc(-c2ccc(OCCCCCCCC(=O)Oc3ccc(-c4ccc(C#N)cc4)c(F)c3)cc2)cc1. The van der Waals surface area contributed by atoms with Gasteiger partial charge in [0.15, 0.2) is 0 Å². The standard InChI is InChI=1S/C34H29FN2O3/c35-33-22-31(19-20-32(33)29-13-9-26(24-37)10-14-29)40-34(38)6-4-2-1-3-5-21-39-30-17-15-28(16-18-30)27-11-7-25(23-36)8-12-27/h7-20,22H,1-6,21H2. The van der Waals surface area contributed by atoms with Gasteiger partial charge in [-0.3, -0.25) is 4.79 Å². The van der Waals surface area contributed by atoms with Crippen molar-refractivity contribution in [3.05, 3.63) is 108 Å². The van der Waals surface area contributed by atoms with E-state index in [0.717, 1.165) is 42.6 Å². The lowest BCUT2D eigenvalue weighted by Crippen LogP contribution is -2.07. The molecule has 6 heteroatoms. The number of nitriles is 2. The molecule has 0 aromatic heterocycles. The molecule has 200 valence electrons. The maximum atomic E-state index is 14.6. The summed E-state index contributed by atoms with van der Waals surface area (Å²) in [5.41, 5.74) is 4.31. The molecule has 5 nitrogen and oxygen atoms in total. The number of hydrogen-bond donors (Lipinski definition) is 0. The van der Waals surface area contributed by atoms with Crippen LogP contribution in [0.4, 0.5) is 4.39 Å². The van der Waals surface area contributed by atoms with E-state index in [1.54, 1.807) is 36.4 Å². The molecule has 4 aromatic rings. The van der Waals surface area contributed by atoms with Crippen LogP contribution in [0.15, 0.2) is 91.0 Å². The van der Waals surface area contributed by atoms with E-state index in [1.165, 1.54) is 6.07 Å². The monoisotopic (exact) mass is 532 g/mol. The Labute approximate surface area is 234 Å². The number of unbranched alkanes of at least 4 members (excludes halogenated alkanes) is 4. The van der Waals surface area contributed by atoms with Gasteiger partial charge in [-0.2, -0.15) is 10.5 Å². The first-order valence-electron chi connectivity index (χ1n) is 13.3. The molecule has 0 unspecified atom stereocenters. The third kappa shape index (κ3) is 8.03. The normalized spacial score (nSPS) is 10.4. The van der Waals surface area contributed by atoms with Crippen LogP contribution in [0.5, 0.6) is 11.5 Å². The highest BCUT2D eigenvalue weighted by molar-refractivity contribution is 5.73. The molecular formula is C34H29FN2O3. The lowest BCUT2D eigenvalue weighted by molar-refractivity contribution is -0.134. The third-order valence-electron chi connectivity index (χ3n) is 6.49. The average Bonchev–Trinajstić information content (AvgIpc) is 2.99. The average molecular weight is 533 g/mol. The minimum atomic E-state index is -0.487. The van der Waals surface area contributed by atoms with E-state index in [-0.39, 0.29) is 18.1 Å². The van der Waals surface area contributed by atoms with Gasteiger partial charge in [0.2, 0.25) is 0 Å². The molecule has 0 aliphatic heterocycles. The lowest BCUT2D eigenvalue weighted by Gasteiger charge is -2.08. The van der Waals surface area contributed by atoms with Gasteiger partial charge in [-0.25, -0.2) is 4.39 Å². The summed E-state index contributed by atoms with van der Waals surface area (Å²) in [5, 5.41) is 17.8. The molecule has 0 N–H and O–H groups in total. The van der Waals surface area contributed by atoms with Crippen molar-refractivity contribution in [3.63, 3.8) is 0 Å². The Bertz CT molecular complexity index is 1500. The van der Waals surface area contributed by atoms with Gasteiger partial charge < -0.3 is 9.47 Å². The Hall–Kier alpha value is -4.94. The number of rotatable bonds is 12. The number of esters is 1. The first-order chi connectivity index (χ1) is 19.6. The number of halogens is 1. The second-order valence-corrected chi connectivity index (χ2v) is 9.38. The van der Waals surface area contributed by atoms with Gasteiger partial charge in [0.25, 0.3) is 0 Å². The molecule has 0 atom stereocenters. The fourth-order valence-corrected chi connectivity index (χ4v) is 4.27. The zero-order valence-electron chi connectivity index (χ0n) is 22.1. The number of benzene rings is 4. The minimum Gasteiger partial charge on any atom is -0.494 e. The first-order valence-corrected chi connectivity index (χ1v) is 13.3. The second kappa shape index (κ2) is 14.3. The number of hydrogen-bond acceptors (Lipinski definition) is 5. The van der Waals surface area contributed by atoms with Crippen molar-refractivity contribution in [1.29, 1.82) is 10.5 Å². The maximum absolute atomic E-state index is 14.6. The molecule has 0 aliphatic carbocycles. The van der Waals surface area contributed by atoms with Gasteiger partial charge in [-0.15, -0.1) is 0 Å². The van der Waals surface area contributed by atoms with Crippen molar-refractivity contribution in [3.8, 4) is 45.9 Å². The van der Waals surface area contributed by atoms with Crippen LogP contribution in [0, 0.1) is 28.5 Å². The van der Waals surface area contributed by atoms with Crippen LogP contribution in [0.2, 0.25) is 0 Å². The number of carbonyl (C=O) groups excluding carboxylic acids is 1. The predicted octanol–water partition coefficient (Wildman–Crippen LogP) is 8.23. The Kier molecular flexibility index (Phi) is 10.0. The minimum absolute atomic E-state index is 0.182. The summed E-state index contributed by atoms with van der Waals surface area (Å²) < 4.78 is 25.7. The highest BCUT2D eigenvalue weighted by atomic mass is 19.1. The molecule has 0 aliphatic rings. The summed E-state index contributed by atoms with van der Waals surface area (Å²) in [6.45, 7) is 0.627. The zero-order valence-corrected chi connectivity index (χ0v) is 22.1. The summed E-state index contributed by atoms with van der Waals surface area (Å²) in [6.07, 6.45) is 4.80. The molecule has 0 fully saturated rings. The number of nitrogens with zero attached hydrogens (tertiary/aromatic N) is 2. The lowest BCUT2D eigenvalue weighted by atomic mass is 10.0. The van der Waals surface area contributed by atoms with E-state index in [9.17, 15) is 9.18 Å². The van der Waals surface area contributed by atoms with E-state index >= 15 is 0 Å². The molecule has 0 heterocycles. The molecule has 0 saturated carbocycles. The number of carbonyl (C=O) groups is 1. The zero-order chi connectivity index (χ0) is 28.2. The van der Waals surface area contributed by atoms with E-state index in [2.05, 4.69) is 6.07 Å². The summed E-state index contributed by atoms with van der Waals surface area (Å²) in [5.74, 6) is 0.140. The van der Waals surface area contributed by atoms with Crippen LogP contribution in [-0.4, -0.2) is 12.6 Å². The highest BCUT2D eigenvalue weighted by Crippen LogP contribution is 2.27. The van der Waals surface area contributed by atoms with Crippen LogP contribution in [0.3, 0.4) is 0 Å². The topological polar surface area (TPSA) is 83.1 Å². The van der Waals surface area contributed by atoms with Crippen LogP contribution in [0.25, 0.3) is 22.3 Å². The summed E-state index contributed by atoms with van der Waals surface area (Å²) in [7, 11) is 0. The summed E-state index contributed by atoms with van der Waals surface area (Å²) >= 11 is 0. The Morgan fingerprint density at radius 3 is 1.77 bits per heavy atom. The number of ether oxygens (including phenoxy) is 2. The molecule has 40 heavy (non-hydrogen) atoms. The quantitative estimate of drug-likeness (QED) is 0.104. The van der Waals surface area contributed by atoms with Crippen LogP contribution < -0.4 is 9.47 Å². The third-order valence-corrected chi connectivity index (χ3v) is 6.49. The van der Waals surface area contributed by atoms with Gasteiger partial charge in [0, 0.05) is 18.1 Å². The van der Waals surface area contributed by atoms with Crippen LogP contribution in [-0.2, 0) is 4.79 Å². The van der Waals surface area contributed by atoms with Gasteiger partial charge in [-0.05, 0) is 78.1 Å². The maximum Gasteiger partial charge on any atom is 0.311 e. The smallest absolute Gasteiger partial charge is 0.311 e. The van der Waals surface area contributed by atoms with Crippen molar-refractivity contribution >= 4 is 5.97 Å². The van der Waals surface area contributed by atoms with Crippen molar-refractivity contribution in [2.24, 2.45) is 0 Å². The molecule has 0 amide bonds. The fourth-order valence-electron chi connectivity index (χ4n) is 4.27. The summed E-state index contributed by atoms with van der Waals surface area (Å²) in [6, 6.07) is 30.6. The van der Waals surface area contributed by atoms with E-state index in [4.69, 9.17) is 20.0 Å². The van der Waals surface area contributed by atoms with Crippen molar-refractivity contribution in [1.82, 2.24) is 0 Å². The molecule has 0 saturated heterocycles. The van der Waals surface area contributed by atoms with Gasteiger partial charge in [0.05, 0.1) is 29.9 Å². The van der Waals surface area contributed by atoms with Gasteiger partial charge >= 0.3 is 5.97 Å². The fraction of sp³-hybridized carbons (Fsp3) is 0.206. The second-order valence-electron chi connectivity index (χ2n) is 9.38. The van der Waals surface area contributed by atoms with E-state index in [1.807, 2.05) is 54.6 Å². The molecule has 0 bridgehead atoms. The van der Waals surface area contributed by atoms with Gasteiger partial charge in [-0.1, -0.05) is 55.7 Å².